The molecule has 25 heavy (non-hydrogen) atoms. The van der Waals surface area contributed by atoms with Gasteiger partial charge >= 0.3 is 0 Å². The number of hydrogen-bond acceptors (Lipinski definition) is 7. The zero-order chi connectivity index (χ0) is 17.3. The Bertz CT molecular complexity index is 1200. The Morgan fingerprint density at radius 2 is 1.28 bits per heavy atom. The lowest BCUT2D eigenvalue weighted by Gasteiger charge is -1.99. The molecular weight excluding hydrogens is 340 g/mol. The molecule has 2 aliphatic carbocycles. The minimum absolute atomic E-state index is 0.150. The molecule has 6 nitrogen and oxygen atoms in total. The van der Waals surface area contributed by atoms with E-state index in [1.54, 1.807) is 11.3 Å². The van der Waals surface area contributed by atoms with E-state index in [2.05, 4.69) is 10.3 Å². The highest BCUT2D eigenvalue weighted by Gasteiger charge is 2.30. The van der Waals surface area contributed by atoms with Gasteiger partial charge in [-0.05, 0) is 35.4 Å². The van der Waals surface area contributed by atoms with Gasteiger partial charge in [0.1, 0.15) is 11.4 Å². The molecule has 0 amide bonds. The zero-order valence-electron chi connectivity index (χ0n) is 12.7. The third-order valence-corrected chi connectivity index (χ3v) is 6.01. The van der Waals surface area contributed by atoms with Crippen LogP contribution in [-0.4, -0.2) is 33.4 Å². The molecule has 7 heteroatoms. The summed E-state index contributed by atoms with van der Waals surface area (Å²) in [5, 5.41) is 26.0. The second kappa shape index (κ2) is 4.73. The minimum atomic E-state index is -0.246. The number of benzene rings is 2. The first-order chi connectivity index (χ1) is 12.1. The predicted molar refractivity (Wildman–Crippen MR) is 93.8 cm³/mol. The molecule has 0 atom stereocenters. The summed E-state index contributed by atoms with van der Waals surface area (Å²) < 4.78 is 1.97. The lowest BCUT2D eigenvalue weighted by atomic mass is 10.0. The second-order valence-corrected chi connectivity index (χ2v) is 7.30. The van der Waals surface area contributed by atoms with Gasteiger partial charge < -0.3 is 10.4 Å². The van der Waals surface area contributed by atoms with E-state index < -0.39 is 0 Å². The van der Waals surface area contributed by atoms with Gasteiger partial charge in [0.2, 0.25) is 11.6 Å². The highest BCUT2D eigenvalue weighted by Crippen LogP contribution is 2.39. The molecular formula is C18H10N2O4S. The van der Waals surface area contributed by atoms with E-state index in [1.807, 2.05) is 24.3 Å². The third-order valence-electron chi connectivity index (χ3n) is 4.89. The van der Waals surface area contributed by atoms with Gasteiger partial charge in [0, 0.05) is 44.1 Å². The van der Waals surface area contributed by atoms with Crippen molar-refractivity contribution in [2.75, 3.05) is 0 Å². The van der Waals surface area contributed by atoms with E-state index in [1.165, 1.54) is 0 Å². The molecule has 2 aliphatic rings. The molecule has 0 fully saturated rings. The van der Waals surface area contributed by atoms with Crippen molar-refractivity contribution in [1.82, 2.24) is 0 Å². The minimum Gasteiger partial charge on any atom is -0.411 e. The van der Waals surface area contributed by atoms with Gasteiger partial charge in [-0.3, -0.25) is 9.59 Å². The van der Waals surface area contributed by atoms with E-state index in [4.69, 9.17) is 10.4 Å². The first kappa shape index (κ1) is 14.3. The quantitative estimate of drug-likeness (QED) is 0.480. The van der Waals surface area contributed by atoms with Crippen molar-refractivity contribution in [3.63, 3.8) is 0 Å². The first-order valence-electron chi connectivity index (χ1n) is 7.64. The molecule has 3 aromatic rings. The highest BCUT2D eigenvalue weighted by molar-refractivity contribution is 7.25. The smallest absolute Gasteiger partial charge is 0.211 e. The van der Waals surface area contributed by atoms with Crippen LogP contribution in [0.25, 0.3) is 20.2 Å². The molecule has 0 saturated carbocycles. The summed E-state index contributed by atoms with van der Waals surface area (Å²) in [6.07, 6.45) is 0.642. The lowest BCUT2D eigenvalue weighted by Crippen LogP contribution is -2.06. The van der Waals surface area contributed by atoms with Crippen LogP contribution in [0.4, 0.5) is 0 Å². The number of rotatable bonds is 0. The van der Waals surface area contributed by atoms with Crippen molar-refractivity contribution in [1.29, 1.82) is 0 Å². The van der Waals surface area contributed by atoms with Gasteiger partial charge in [-0.15, -0.1) is 11.3 Å². The summed E-state index contributed by atoms with van der Waals surface area (Å²) in [6, 6.07) is 7.57. The monoisotopic (exact) mass is 350 g/mol. The van der Waals surface area contributed by atoms with Crippen molar-refractivity contribution >= 4 is 54.5 Å². The van der Waals surface area contributed by atoms with Crippen LogP contribution in [0.5, 0.6) is 0 Å². The topological polar surface area (TPSA) is 99.3 Å². The summed E-state index contributed by atoms with van der Waals surface area (Å²) in [5.74, 6) is -0.483. The van der Waals surface area contributed by atoms with Gasteiger partial charge in [0.05, 0.1) is 0 Å². The van der Waals surface area contributed by atoms with Crippen molar-refractivity contribution in [2.45, 2.75) is 12.8 Å². The van der Waals surface area contributed by atoms with E-state index >= 15 is 0 Å². The van der Waals surface area contributed by atoms with Gasteiger partial charge in [0.25, 0.3) is 0 Å². The van der Waals surface area contributed by atoms with Crippen LogP contribution in [0.3, 0.4) is 0 Å². The Balaban J connectivity index is 1.78. The number of nitrogens with zero attached hydrogens (tertiary/aromatic N) is 2. The maximum absolute atomic E-state index is 12.3. The predicted octanol–water partition coefficient (Wildman–Crippen LogP) is 3.19. The Kier molecular flexibility index (Phi) is 2.71. The highest BCUT2D eigenvalue weighted by atomic mass is 32.1. The SMILES string of the molecule is O=C1/C(=N\O)Cc2cc3c(cc21)sc1cc2c(cc13)C(=O)/C(=N/O)C2. The summed E-state index contributed by atoms with van der Waals surface area (Å²) in [5.41, 5.74) is 3.13. The molecule has 0 saturated heterocycles. The Morgan fingerprint density at radius 1 is 0.760 bits per heavy atom. The summed E-state index contributed by atoms with van der Waals surface area (Å²) in [7, 11) is 0. The Hall–Kier alpha value is -3.06. The van der Waals surface area contributed by atoms with Gasteiger partial charge in [-0.2, -0.15) is 0 Å². The maximum Gasteiger partial charge on any atom is 0.211 e. The third kappa shape index (κ3) is 1.78. The number of carbonyl (C=O) groups is 2. The van der Waals surface area contributed by atoms with Crippen LogP contribution in [0.15, 0.2) is 34.6 Å². The molecule has 5 rings (SSSR count). The van der Waals surface area contributed by atoms with Crippen LogP contribution < -0.4 is 0 Å². The number of fused-ring (bicyclic) bond motifs is 5. The number of hydrogen-bond donors (Lipinski definition) is 2. The van der Waals surface area contributed by atoms with Crippen LogP contribution in [0, 0.1) is 0 Å². The first-order valence-corrected chi connectivity index (χ1v) is 8.45. The van der Waals surface area contributed by atoms with E-state index in [-0.39, 0.29) is 23.0 Å². The van der Waals surface area contributed by atoms with Crippen LogP contribution in [0.1, 0.15) is 31.8 Å². The van der Waals surface area contributed by atoms with Crippen molar-refractivity contribution < 1.29 is 20.0 Å². The average Bonchev–Trinajstić information content (AvgIpc) is 3.23. The molecule has 2 N–H and O–H groups in total. The standard InChI is InChI=1S/C18H10N2O4S/c21-17-9-5-12-11-1-7-2-13(19-23)18(22)10(7)6-16(11)25-15(12)4-8(9)3-14(17)20-24/h1,4-6,23-24H,2-3H2/b19-13-,20-14+. The number of thiophene rings is 1. The number of oxime groups is 2. The van der Waals surface area contributed by atoms with E-state index in [9.17, 15) is 9.59 Å². The molecule has 0 spiro atoms. The summed E-state index contributed by atoms with van der Waals surface area (Å²) >= 11 is 1.55. The van der Waals surface area contributed by atoms with Crippen LogP contribution in [0.2, 0.25) is 0 Å². The average molecular weight is 350 g/mol. The van der Waals surface area contributed by atoms with Crippen molar-refractivity contribution in [3.8, 4) is 0 Å². The molecule has 0 aliphatic heterocycles. The molecule has 1 aromatic heterocycles. The molecule has 0 bridgehead atoms. The fourth-order valence-corrected chi connectivity index (χ4v) is 4.84. The fourth-order valence-electron chi connectivity index (χ4n) is 3.66. The van der Waals surface area contributed by atoms with Crippen LogP contribution >= 0.6 is 11.3 Å². The molecule has 1 heterocycles. The fraction of sp³-hybridized carbons (Fsp3) is 0.111. The molecule has 0 radical (unpaired) electrons. The zero-order valence-corrected chi connectivity index (χ0v) is 13.6. The molecule has 122 valence electrons. The second-order valence-electron chi connectivity index (χ2n) is 6.22. The maximum atomic E-state index is 12.3. The van der Waals surface area contributed by atoms with E-state index in [0.29, 0.717) is 24.0 Å². The van der Waals surface area contributed by atoms with Crippen LogP contribution in [-0.2, 0) is 12.8 Å². The Labute approximate surface area is 144 Å². The molecule has 2 aromatic carbocycles. The van der Waals surface area contributed by atoms with Crippen molar-refractivity contribution in [3.05, 3.63) is 46.5 Å². The largest absolute Gasteiger partial charge is 0.411 e. The van der Waals surface area contributed by atoms with Gasteiger partial charge in [-0.25, -0.2) is 0 Å². The Morgan fingerprint density at radius 3 is 1.92 bits per heavy atom. The van der Waals surface area contributed by atoms with E-state index in [0.717, 1.165) is 31.3 Å². The lowest BCUT2D eigenvalue weighted by molar-refractivity contribution is 0.105. The molecule has 0 unspecified atom stereocenters. The number of Topliss-reactive ketones (excluding diaryl/α,β-unsaturated/α-hetero) is 2. The van der Waals surface area contributed by atoms with Gasteiger partial charge in [0.15, 0.2) is 0 Å². The summed E-state index contributed by atoms with van der Waals surface area (Å²) in [6.45, 7) is 0. The number of ketones is 2. The van der Waals surface area contributed by atoms with Crippen molar-refractivity contribution in [2.24, 2.45) is 10.3 Å². The van der Waals surface area contributed by atoms with Gasteiger partial charge in [-0.1, -0.05) is 10.3 Å². The number of carbonyl (C=O) groups excluding carboxylic acids is 2. The normalized spacial score (nSPS) is 19.5. The summed E-state index contributed by atoms with van der Waals surface area (Å²) in [4.78, 5) is 24.5.